The molecule has 0 bridgehead atoms. The number of hydrogen-bond acceptors (Lipinski definition) is 4. The van der Waals surface area contributed by atoms with Crippen molar-refractivity contribution in [2.45, 2.75) is 6.42 Å². The molecule has 0 atom stereocenters. The summed E-state index contributed by atoms with van der Waals surface area (Å²) in [7, 11) is 0. The highest BCUT2D eigenvalue weighted by atomic mass is 16.5. The highest BCUT2D eigenvalue weighted by Crippen LogP contribution is 2.20. The molecular formula is C17H16NO3. The summed E-state index contributed by atoms with van der Waals surface area (Å²) >= 11 is 0. The Kier molecular flexibility index (Phi) is 5.52. The van der Waals surface area contributed by atoms with Crippen molar-refractivity contribution in [3.05, 3.63) is 61.3 Å². The van der Waals surface area contributed by atoms with Gasteiger partial charge in [0.15, 0.2) is 0 Å². The van der Waals surface area contributed by atoms with Crippen LogP contribution in [0.25, 0.3) is 11.3 Å². The lowest BCUT2D eigenvalue weighted by molar-refractivity contribution is -0.137. The van der Waals surface area contributed by atoms with Gasteiger partial charge >= 0.3 is 5.97 Å². The second-order valence-electron chi connectivity index (χ2n) is 4.24. The molecule has 0 aliphatic carbocycles. The maximum atomic E-state index is 10.8. The summed E-state index contributed by atoms with van der Waals surface area (Å²) in [6.45, 7) is 4.14. The Hall–Kier alpha value is -2.62. The van der Waals surface area contributed by atoms with Crippen LogP contribution in [0, 0.1) is 6.07 Å². The number of carbonyl (C=O) groups is 1. The first-order valence-electron chi connectivity index (χ1n) is 6.64. The summed E-state index contributed by atoms with van der Waals surface area (Å²) in [6.07, 6.45) is 3.43. The summed E-state index contributed by atoms with van der Waals surface area (Å²) in [4.78, 5) is 15.1. The number of carbonyl (C=O) groups excluding carboxylic acids is 1. The molecule has 21 heavy (non-hydrogen) atoms. The molecule has 0 saturated carbocycles. The summed E-state index contributed by atoms with van der Waals surface area (Å²) in [5, 5.41) is 0. The van der Waals surface area contributed by atoms with Crippen LogP contribution in [0.4, 0.5) is 0 Å². The van der Waals surface area contributed by atoms with E-state index in [1.165, 1.54) is 0 Å². The molecule has 1 radical (unpaired) electrons. The van der Waals surface area contributed by atoms with Gasteiger partial charge < -0.3 is 9.47 Å². The molecule has 0 aliphatic rings. The van der Waals surface area contributed by atoms with Gasteiger partial charge in [-0.1, -0.05) is 12.6 Å². The van der Waals surface area contributed by atoms with Crippen LogP contribution in [0.15, 0.2) is 55.3 Å². The minimum Gasteiger partial charge on any atom is -0.493 e. The molecular weight excluding hydrogens is 266 g/mol. The van der Waals surface area contributed by atoms with Gasteiger partial charge in [-0.3, -0.25) is 4.98 Å². The standard InChI is InChI=1S/C17H16NO3/c1-2-17(19)21-13-5-12-20-15-9-7-14(8-10-15)16-6-3-4-11-18-16/h2-3,6-11H,1,5,12-13H2. The highest BCUT2D eigenvalue weighted by Gasteiger charge is 2.00. The third-order valence-electron chi connectivity index (χ3n) is 2.73. The van der Waals surface area contributed by atoms with Gasteiger partial charge in [0, 0.05) is 30.3 Å². The Balaban J connectivity index is 1.78. The number of aromatic nitrogens is 1. The molecule has 0 unspecified atom stereocenters. The number of nitrogens with zero attached hydrogens (tertiary/aromatic N) is 1. The number of benzene rings is 1. The molecule has 1 aromatic carbocycles. The molecule has 2 aromatic rings. The van der Waals surface area contributed by atoms with Gasteiger partial charge in [0.1, 0.15) is 5.75 Å². The van der Waals surface area contributed by atoms with Crippen LogP contribution in [0.5, 0.6) is 5.75 Å². The Labute approximate surface area is 124 Å². The van der Waals surface area contributed by atoms with Crippen molar-refractivity contribution >= 4 is 5.97 Å². The molecule has 0 saturated heterocycles. The normalized spacial score (nSPS) is 9.90. The molecule has 0 fully saturated rings. The number of esters is 1. The highest BCUT2D eigenvalue weighted by molar-refractivity contribution is 5.81. The molecule has 1 heterocycles. The van der Waals surface area contributed by atoms with Crippen LogP contribution < -0.4 is 4.74 Å². The fourth-order valence-corrected chi connectivity index (χ4v) is 1.69. The molecule has 4 nitrogen and oxygen atoms in total. The molecule has 1 aromatic heterocycles. The lowest BCUT2D eigenvalue weighted by atomic mass is 10.1. The molecule has 0 aliphatic heterocycles. The van der Waals surface area contributed by atoms with E-state index in [-0.39, 0.29) is 0 Å². The monoisotopic (exact) mass is 282 g/mol. The van der Waals surface area contributed by atoms with Crippen molar-refractivity contribution < 1.29 is 14.3 Å². The number of hydrogen-bond donors (Lipinski definition) is 0. The van der Waals surface area contributed by atoms with Crippen molar-refractivity contribution in [3.63, 3.8) is 0 Å². The van der Waals surface area contributed by atoms with Gasteiger partial charge in [-0.05, 0) is 30.3 Å². The van der Waals surface area contributed by atoms with Crippen molar-refractivity contribution in [1.29, 1.82) is 0 Å². The maximum Gasteiger partial charge on any atom is 0.330 e. The number of rotatable bonds is 7. The van der Waals surface area contributed by atoms with Crippen molar-refractivity contribution in [1.82, 2.24) is 4.98 Å². The van der Waals surface area contributed by atoms with Crippen molar-refractivity contribution in [2.75, 3.05) is 13.2 Å². The maximum absolute atomic E-state index is 10.8. The van der Waals surface area contributed by atoms with E-state index in [1.807, 2.05) is 36.4 Å². The van der Waals surface area contributed by atoms with Crippen molar-refractivity contribution in [2.24, 2.45) is 0 Å². The second-order valence-corrected chi connectivity index (χ2v) is 4.24. The molecule has 2 rings (SSSR count). The van der Waals surface area contributed by atoms with Crippen LogP contribution in [-0.2, 0) is 9.53 Å². The van der Waals surface area contributed by atoms with E-state index < -0.39 is 5.97 Å². The molecule has 0 N–H and O–H groups in total. The summed E-state index contributed by atoms with van der Waals surface area (Å²) < 4.78 is 10.4. The Bertz CT molecular complexity index is 579. The van der Waals surface area contributed by atoms with E-state index in [0.29, 0.717) is 19.6 Å². The Morgan fingerprint density at radius 2 is 2.05 bits per heavy atom. The molecule has 0 amide bonds. The largest absolute Gasteiger partial charge is 0.493 e. The summed E-state index contributed by atoms with van der Waals surface area (Å²) in [5.74, 6) is 0.364. The smallest absolute Gasteiger partial charge is 0.330 e. The fraction of sp³-hybridized carbons (Fsp3) is 0.176. The van der Waals surface area contributed by atoms with E-state index >= 15 is 0 Å². The van der Waals surface area contributed by atoms with Crippen molar-refractivity contribution in [3.8, 4) is 17.0 Å². The first-order valence-corrected chi connectivity index (χ1v) is 6.64. The lowest BCUT2D eigenvalue weighted by Crippen LogP contribution is -2.06. The van der Waals surface area contributed by atoms with Crippen LogP contribution in [-0.4, -0.2) is 24.2 Å². The zero-order chi connectivity index (χ0) is 14.9. The number of ether oxygens (including phenoxy) is 2. The quantitative estimate of drug-likeness (QED) is 0.445. The zero-order valence-electron chi connectivity index (χ0n) is 11.6. The van der Waals surface area contributed by atoms with Gasteiger partial charge in [-0.25, -0.2) is 4.79 Å². The van der Waals surface area contributed by atoms with Crippen LogP contribution in [0.1, 0.15) is 6.42 Å². The Morgan fingerprint density at radius 1 is 1.24 bits per heavy atom. The molecule has 107 valence electrons. The Morgan fingerprint density at radius 3 is 2.71 bits per heavy atom. The van der Waals surface area contributed by atoms with Gasteiger partial charge in [0.2, 0.25) is 0 Å². The minimum atomic E-state index is -0.410. The van der Waals surface area contributed by atoms with Crippen LogP contribution in [0.2, 0.25) is 0 Å². The minimum absolute atomic E-state index is 0.327. The lowest BCUT2D eigenvalue weighted by Gasteiger charge is -2.07. The predicted octanol–water partition coefficient (Wildman–Crippen LogP) is 3.05. The summed E-state index contributed by atoms with van der Waals surface area (Å²) in [6, 6.07) is 14.3. The predicted molar refractivity (Wildman–Crippen MR) is 79.8 cm³/mol. The fourth-order valence-electron chi connectivity index (χ4n) is 1.69. The van der Waals surface area contributed by atoms with Gasteiger partial charge in [0.05, 0.1) is 18.9 Å². The average Bonchev–Trinajstić information content (AvgIpc) is 2.55. The molecule has 4 heteroatoms. The van der Waals surface area contributed by atoms with Gasteiger partial charge in [-0.15, -0.1) is 0 Å². The zero-order valence-corrected chi connectivity index (χ0v) is 11.6. The first kappa shape index (κ1) is 14.8. The third-order valence-corrected chi connectivity index (χ3v) is 2.73. The molecule has 0 spiro atoms. The van der Waals surface area contributed by atoms with E-state index in [0.717, 1.165) is 23.1 Å². The second kappa shape index (κ2) is 7.85. The third kappa shape index (κ3) is 4.76. The van der Waals surface area contributed by atoms with E-state index in [2.05, 4.69) is 17.6 Å². The first-order chi connectivity index (χ1) is 10.3. The van der Waals surface area contributed by atoms with Crippen LogP contribution in [0.3, 0.4) is 0 Å². The average molecular weight is 282 g/mol. The van der Waals surface area contributed by atoms with Crippen LogP contribution >= 0.6 is 0 Å². The SMILES string of the molecule is C=CC(=O)OCCCOc1ccc(-c2cc[c]cn2)cc1. The van der Waals surface area contributed by atoms with E-state index in [4.69, 9.17) is 9.47 Å². The summed E-state index contributed by atoms with van der Waals surface area (Å²) in [5.41, 5.74) is 1.92. The topological polar surface area (TPSA) is 48.4 Å². The number of pyridine rings is 1. The van der Waals surface area contributed by atoms with E-state index in [9.17, 15) is 4.79 Å². The van der Waals surface area contributed by atoms with Gasteiger partial charge in [-0.2, -0.15) is 0 Å². The van der Waals surface area contributed by atoms with E-state index in [1.54, 1.807) is 6.20 Å². The van der Waals surface area contributed by atoms with Gasteiger partial charge in [0.25, 0.3) is 0 Å².